The molecule has 2 rings (SSSR count). The summed E-state index contributed by atoms with van der Waals surface area (Å²) < 4.78 is 5.12. The molecule has 9 nitrogen and oxygen atoms in total. The van der Waals surface area contributed by atoms with Crippen molar-refractivity contribution in [1.29, 1.82) is 0 Å². The van der Waals surface area contributed by atoms with E-state index in [0.717, 1.165) is 6.42 Å². The first-order valence-corrected chi connectivity index (χ1v) is 10.4. The lowest BCUT2D eigenvalue weighted by Crippen LogP contribution is -2.60. The number of rotatable bonds is 10. The van der Waals surface area contributed by atoms with Gasteiger partial charge in [-0.3, -0.25) is 9.59 Å². The summed E-state index contributed by atoms with van der Waals surface area (Å²) in [7, 11) is 1.48. The monoisotopic (exact) mass is 437 g/mol. The molecule has 1 aliphatic rings. The van der Waals surface area contributed by atoms with Gasteiger partial charge in [0.05, 0.1) is 31.6 Å². The number of ether oxygens (including phenoxy) is 1. The first-order valence-electron chi connectivity index (χ1n) is 10.0. The topological polar surface area (TPSA) is 132 Å². The zero-order chi connectivity index (χ0) is 22.5. The molecule has 0 bridgehead atoms. The maximum atomic E-state index is 13.1. The molecular formula is C20H31N5O4S. The van der Waals surface area contributed by atoms with Gasteiger partial charge in [-0.05, 0) is 31.5 Å². The number of nitrogens with two attached hydrogens (primary N) is 1. The molecule has 4 N–H and O–H groups in total. The number of thiocarbonyl (C=S) groups is 1. The zero-order valence-electron chi connectivity index (χ0n) is 18.2. The number of hydrogen-bond donors (Lipinski definition) is 3. The normalized spacial score (nSPS) is 21.4. The van der Waals surface area contributed by atoms with Crippen LogP contribution < -0.4 is 11.1 Å². The van der Waals surface area contributed by atoms with Crippen molar-refractivity contribution in [3.05, 3.63) is 18.2 Å². The Morgan fingerprint density at radius 3 is 2.73 bits per heavy atom. The van der Waals surface area contributed by atoms with Crippen LogP contribution in [0.2, 0.25) is 0 Å². The number of amides is 1. The van der Waals surface area contributed by atoms with Gasteiger partial charge in [-0.1, -0.05) is 32.3 Å². The molecule has 0 spiro atoms. The molecule has 1 aliphatic heterocycles. The van der Waals surface area contributed by atoms with E-state index in [1.165, 1.54) is 13.4 Å². The van der Waals surface area contributed by atoms with E-state index in [2.05, 4.69) is 20.4 Å². The van der Waals surface area contributed by atoms with Gasteiger partial charge in [0.25, 0.3) is 5.91 Å². The van der Waals surface area contributed by atoms with Gasteiger partial charge in [0.2, 0.25) is 5.60 Å². The summed E-state index contributed by atoms with van der Waals surface area (Å²) in [5.41, 5.74) is 4.93. The number of aromatic amines is 1. The smallest absolute Gasteiger partial charge is 0.267 e. The third-order valence-corrected chi connectivity index (χ3v) is 5.92. The van der Waals surface area contributed by atoms with Crippen molar-refractivity contribution >= 4 is 34.7 Å². The number of ketones is 1. The van der Waals surface area contributed by atoms with Crippen LogP contribution in [0.5, 0.6) is 0 Å². The molecule has 2 heterocycles. The van der Waals surface area contributed by atoms with E-state index in [4.69, 9.17) is 27.5 Å². The standard InChI is InChI=1S/C20H31N5O4S/c1-6-7-14(17(30)28-5)24-18(27)19(4)9-15(25-29-19)20(21,12(2)3)16(26)8-13-10-22-11-23-13/h10-12,14H,6-9,21H2,1-5H3,(H,22,23)(H,24,27)/t14-,19?,20-/m0/s1. The molecule has 30 heavy (non-hydrogen) atoms. The molecule has 0 aromatic carbocycles. The number of imidazole rings is 1. The van der Waals surface area contributed by atoms with Crippen molar-refractivity contribution < 1.29 is 19.2 Å². The van der Waals surface area contributed by atoms with Gasteiger partial charge in [0.15, 0.2) is 10.8 Å². The van der Waals surface area contributed by atoms with Crippen LogP contribution in [-0.4, -0.2) is 56.7 Å². The van der Waals surface area contributed by atoms with Gasteiger partial charge in [-0.15, -0.1) is 0 Å². The SMILES string of the molecule is CCC[C@H](NC(=O)C1(C)CC([C@](N)(C(=O)Cc2cnc[nH]2)C(C)C)=NO1)C(=S)OC. The van der Waals surface area contributed by atoms with Crippen molar-refractivity contribution in [2.24, 2.45) is 16.8 Å². The lowest BCUT2D eigenvalue weighted by Gasteiger charge is -2.32. The van der Waals surface area contributed by atoms with Crippen molar-refractivity contribution in [1.82, 2.24) is 15.3 Å². The maximum Gasteiger partial charge on any atom is 0.267 e. The molecule has 1 aromatic rings. The van der Waals surface area contributed by atoms with E-state index in [-0.39, 0.29) is 30.4 Å². The number of carbonyl (C=O) groups is 2. The average Bonchev–Trinajstić information content (AvgIpc) is 3.36. The predicted octanol–water partition coefficient (Wildman–Crippen LogP) is 1.67. The number of carbonyl (C=O) groups excluding carboxylic acids is 2. The number of Topliss-reactive ketones (excluding diaryl/α,β-unsaturated/α-hetero) is 1. The zero-order valence-corrected chi connectivity index (χ0v) is 19.0. The molecule has 10 heteroatoms. The summed E-state index contributed by atoms with van der Waals surface area (Å²) in [5, 5.41) is 7.27. The van der Waals surface area contributed by atoms with E-state index in [0.29, 0.717) is 22.9 Å². The summed E-state index contributed by atoms with van der Waals surface area (Å²) >= 11 is 5.20. The number of hydrogen-bond acceptors (Lipinski definition) is 8. The highest BCUT2D eigenvalue weighted by Crippen LogP contribution is 2.32. The second-order valence-electron chi connectivity index (χ2n) is 8.08. The molecule has 0 aliphatic carbocycles. The molecule has 1 unspecified atom stereocenters. The van der Waals surface area contributed by atoms with E-state index >= 15 is 0 Å². The highest BCUT2D eigenvalue weighted by Gasteiger charge is 2.52. The lowest BCUT2D eigenvalue weighted by atomic mass is 9.75. The number of aromatic nitrogens is 2. The fourth-order valence-corrected chi connectivity index (χ4v) is 3.57. The van der Waals surface area contributed by atoms with E-state index in [9.17, 15) is 9.59 Å². The number of nitrogens with zero attached hydrogens (tertiary/aromatic N) is 2. The van der Waals surface area contributed by atoms with Crippen molar-refractivity contribution in [3.8, 4) is 0 Å². The van der Waals surface area contributed by atoms with Gasteiger partial charge < -0.3 is 25.6 Å². The van der Waals surface area contributed by atoms with Crippen LogP contribution in [0.3, 0.4) is 0 Å². The molecule has 1 aromatic heterocycles. The third-order valence-electron chi connectivity index (χ3n) is 5.47. The molecule has 166 valence electrons. The Kier molecular flexibility index (Phi) is 7.70. The first kappa shape index (κ1) is 23.9. The van der Waals surface area contributed by atoms with Gasteiger partial charge >= 0.3 is 0 Å². The molecule has 0 radical (unpaired) electrons. The van der Waals surface area contributed by atoms with Crippen molar-refractivity contribution in [2.75, 3.05) is 7.11 Å². The summed E-state index contributed by atoms with van der Waals surface area (Å²) in [5.74, 6) is -0.862. The fraction of sp³-hybridized carbons (Fsp3) is 0.650. The van der Waals surface area contributed by atoms with Crippen molar-refractivity contribution in [3.63, 3.8) is 0 Å². The lowest BCUT2D eigenvalue weighted by molar-refractivity contribution is -0.142. The van der Waals surface area contributed by atoms with Crippen LogP contribution in [0.1, 0.15) is 52.7 Å². The second kappa shape index (κ2) is 9.65. The Balaban J connectivity index is 2.17. The minimum absolute atomic E-state index is 0.0806. The molecule has 3 atom stereocenters. The van der Waals surface area contributed by atoms with E-state index < -0.39 is 17.2 Å². The van der Waals surface area contributed by atoms with E-state index in [1.807, 2.05) is 20.8 Å². The Labute approximate surface area is 182 Å². The fourth-order valence-electron chi connectivity index (χ4n) is 3.39. The predicted molar refractivity (Wildman–Crippen MR) is 117 cm³/mol. The summed E-state index contributed by atoms with van der Waals surface area (Å²) in [6.45, 7) is 7.30. The quantitative estimate of drug-likeness (QED) is 0.474. The van der Waals surface area contributed by atoms with Gasteiger partial charge in [0.1, 0.15) is 5.54 Å². The van der Waals surface area contributed by atoms with Crippen molar-refractivity contribution in [2.45, 2.75) is 70.6 Å². The van der Waals surface area contributed by atoms with Crippen LogP contribution in [0.25, 0.3) is 0 Å². The third kappa shape index (κ3) is 4.86. The highest BCUT2D eigenvalue weighted by atomic mass is 32.1. The molecule has 1 amide bonds. The van der Waals surface area contributed by atoms with Gasteiger partial charge in [-0.2, -0.15) is 0 Å². The molecular weight excluding hydrogens is 406 g/mol. The molecule has 0 saturated heterocycles. The maximum absolute atomic E-state index is 13.1. The first-order chi connectivity index (χ1) is 14.1. The number of H-pyrrole nitrogens is 1. The minimum Gasteiger partial charge on any atom is -0.488 e. The van der Waals surface area contributed by atoms with Crippen LogP contribution in [0, 0.1) is 5.92 Å². The number of nitrogens with one attached hydrogen (secondary N) is 2. The Hall–Kier alpha value is -2.33. The Bertz CT molecular complexity index is 810. The number of methoxy groups -OCH3 is 1. The van der Waals surface area contributed by atoms with E-state index in [1.54, 1.807) is 13.1 Å². The Morgan fingerprint density at radius 1 is 1.50 bits per heavy atom. The van der Waals surface area contributed by atoms with Gasteiger partial charge in [-0.25, -0.2) is 4.98 Å². The molecule has 0 fully saturated rings. The van der Waals surface area contributed by atoms with Crippen LogP contribution >= 0.6 is 12.2 Å². The minimum atomic E-state index is -1.37. The largest absolute Gasteiger partial charge is 0.488 e. The Morgan fingerprint density at radius 2 is 2.20 bits per heavy atom. The summed E-state index contributed by atoms with van der Waals surface area (Å²) in [4.78, 5) is 38.4. The average molecular weight is 438 g/mol. The van der Waals surface area contributed by atoms with Gasteiger partial charge in [0, 0.05) is 18.3 Å². The van der Waals surface area contributed by atoms with Crippen LogP contribution in [-0.2, 0) is 25.6 Å². The number of oxime groups is 1. The summed E-state index contributed by atoms with van der Waals surface area (Å²) in [6.07, 6.45) is 4.71. The summed E-state index contributed by atoms with van der Waals surface area (Å²) in [6, 6.07) is -0.415. The van der Waals surface area contributed by atoms with Crippen LogP contribution in [0.4, 0.5) is 0 Å². The highest BCUT2D eigenvalue weighted by molar-refractivity contribution is 7.80. The molecule has 0 saturated carbocycles. The van der Waals surface area contributed by atoms with Crippen LogP contribution in [0.15, 0.2) is 17.7 Å². The second-order valence-corrected chi connectivity index (χ2v) is 8.48.